The summed E-state index contributed by atoms with van der Waals surface area (Å²) >= 11 is 9.19. The molecular formula is C13H17BrClNO. The average Bonchev–Trinajstić information content (AvgIpc) is 2.24. The molecule has 0 heterocycles. The van der Waals surface area contributed by atoms with Crippen molar-refractivity contribution in [2.45, 2.75) is 33.2 Å². The summed E-state index contributed by atoms with van der Waals surface area (Å²) in [5.41, 5.74) is 0.619. The van der Waals surface area contributed by atoms with Gasteiger partial charge in [-0.3, -0.25) is 4.79 Å². The molecule has 0 aliphatic carbocycles. The highest BCUT2D eigenvalue weighted by Gasteiger charge is 2.16. The summed E-state index contributed by atoms with van der Waals surface area (Å²) in [6, 6.07) is 5.38. The quantitative estimate of drug-likeness (QED) is 0.882. The molecule has 0 aliphatic heterocycles. The van der Waals surface area contributed by atoms with Crippen LogP contribution in [0.25, 0.3) is 0 Å². The fourth-order valence-electron chi connectivity index (χ4n) is 1.66. The maximum atomic E-state index is 12.1. The monoisotopic (exact) mass is 317 g/mol. The van der Waals surface area contributed by atoms with Gasteiger partial charge in [0.15, 0.2) is 0 Å². The van der Waals surface area contributed by atoms with Crippen molar-refractivity contribution in [2.24, 2.45) is 5.92 Å². The molecule has 1 unspecified atom stereocenters. The van der Waals surface area contributed by atoms with Crippen LogP contribution >= 0.6 is 27.5 Å². The fraction of sp³-hybridized carbons (Fsp3) is 0.462. The highest BCUT2D eigenvalue weighted by Crippen LogP contribution is 2.22. The number of hydrogen-bond acceptors (Lipinski definition) is 1. The van der Waals surface area contributed by atoms with Crippen LogP contribution < -0.4 is 5.32 Å². The molecule has 94 valence electrons. The molecular weight excluding hydrogens is 302 g/mol. The van der Waals surface area contributed by atoms with E-state index in [2.05, 4.69) is 42.0 Å². The van der Waals surface area contributed by atoms with Gasteiger partial charge in [-0.15, -0.1) is 0 Å². The van der Waals surface area contributed by atoms with Crippen molar-refractivity contribution < 1.29 is 4.79 Å². The van der Waals surface area contributed by atoms with Gasteiger partial charge in [-0.2, -0.15) is 0 Å². The van der Waals surface area contributed by atoms with Gasteiger partial charge in [-0.1, -0.05) is 32.4 Å². The minimum absolute atomic E-state index is 0.0610. The van der Waals surface area contributed by atoms with Gasteiger partial charge >= 0.3 is 0 Å². The van der Waals surface area contributed by atoms with Gasteiger partial charge in [0.05, 0.1) is 5.56 Å². The predicted octanol–water partition coefficient (Wildman–Crippen LogP) is 4.27. The maximum absolute atomic E-state index is 12.1. The third-order valence-electron chi connectivity index (χ3n) is 2.74. The van der Waals surface area contributed by atoms with Crippen LogP contribution in [0.15, 0.2) is 22.7 Å². The van der Waals surface area contributed by atoms with Crippen LogP contribution in [0.3, 0.4) is 0 Å². The van der Waals surface area contributed by atoms with Gasteiger partial charge in [0.1, 0.15) is 0 Å². The highest BCUT2D eigenvalue weighted by molar-refractivity contribution is 9.10. The van der Waals surface area contributed by atoms with Gasteiger partial charge in [-0.25, -0.2) is 0 Å². The van der Waals surface area contributed by atoms with Crippen molar-refractivity contribution in [3.05, 3.63) is 33.3 Å². The molecule has 0 saturated carbocycles. The molecule has 1 atom stereocenters. The molecule has 17 heavy (non-hydrogen) atoms. The zero-order valence-electron chi connectivity index (χ0n) is 10.3. The van der Waals surface area contributed by atoms with Gasteiger partial charge in [-0.05, 0) is 46.5 Å². The van der Waals surface area contributed by atoms with E-state index in [4.69, 9.17) is 11.6 Å². The normalized spacial score (nSPS) is 12.6. The van der Waals surface area contributed by atoms with Crippen molar-refractivity contribution in [3.63, 3.8) is 0 Å². The van der Waals surface area contributed by atoms with Crippen LogP contribution in [0, 0.1) is 5.92 Å². The van der Waals surface area contributed by atoms with Crippen LogP contribution in [0.5, 0.6) is 0 Å². The average molecular weight is 319 g/mol. The van der Waals surface area contributed by atoms with Crippen molar-refractivity contribution in [1.29, 1.82) is 0 Å². The predicted molar refractivity (Wildman–Crippen MR) is 75.5 cm³/mol. The second-order valence-corrected chi connectivity index (χ2v) is 5.65. The van der Waals surface area contributed by atoms with Crippen molar-refractivity contribution in [3.8, 4) is 0 Å². The maximum Gasteiger partial charge on any atom is 0.252 e. The van der Waals surface area contributed by atoms with Crippen molar-refractivity contribution in [1.82, 2.24) is 5.32 Å². The molecule has 0 aliphatic rings. The van der Waals surface area contributed by atoms with E-state index in [-0.39, 0.29) is 11.9 Å². The molecule has 1 rings (SSSR count). The molecule has 1 aromatic carbocycles. The summed E-state index contributed by atoms with van der Waals surface area (Å²) < 4.78 is 0.723. The van der Waals surface area contributed by atoms with Gasteiger partial charge in [0.25, 0.3) is 5.91 Å². The van der Waals surface area contributed by atoms with E-state index in [9.17, 15) is 4.79 Å². The lowest BCUT2D eigenvalue weighted by atomic mass is 10.0. The van der Waals surface area contributed by atoms with Crippen LogP contribution in [0.4, 0.5) is 0 Å². The molecule has 0 spiro atoms. The van der Waals surface area contributed by atoms with Gasteiger partial charge in [0.2, 0.25) is 0 Å². The SMILES string of the molecule is CCC(NC(=O)c1ccc(Cl)cc1Br)C(C)C. The topological polar surface area (TPSA) is 29.1 Å². The first-order valence-corrected chi connectivity index (χ1v) is 6.88. The van der Waals surface area contributed by atoms with E-state index in [1.807, 2.05) is 0 Å². The Kier molecular flexibility index (Phi) is 5.47. The first-order chi connectivity index (χ1) is 7.95. The molecule has 0 fully saturated rings. The molecule has 4 heteroatoms. The minimum atomic E-state index is -0.0610. The van der Waals surface area contributed by atoms with Crippen LogP contribution in [-0.4, -0.2) is 11.9 Å². The van der Waals surface area contributed by atoms with E-state index in [0.29, 0.717) is 16.5 Å². The Morgan fingerprint density at radius 2 is 2.12 bits per heavy atom. The Balaban J connectivity index is 2.82. The zero-order chi connectivity index (χ0) is 13.0. The fourth-order valence-corrected chi connectivity index (χ4v) is 2.52. The molecule has 1 N–H and O–H groups in total. The summed E-state index contributed by atoms with van der Waals surface area (Å²) in [5.74, 6) is 0.365. The third-order valence-corrected chi connectivity index (χ3v) is 3.63. The molecule has 1 amide bonds. The standard InChI is InChI=1S/C13H17BrClNO/c1-4-12(8(2)3)16-13(17)10-6-5-9(15)7-11(10)14/h5-8,12H,4H2,1-3H3,(H,16,17). The Morgan fingerprint density at radius 1 is 1.47 bits per heavy atom. The number of amides is 1. The molecule has 0 bridgehead atoms. The first-order valence-electron chi connectivity index (χ1n) is 5.71. The van der Waals surface area contributed by atoms with Gasteiger partial charge in [0, 0.05) is 15.5 Å². The number of halogens is 2. The highest BCUT2D eigenvalue weighted by atomic mass is 79.9. The van der Waals surface area contributed by atoms with Gasteiger partial charge < -0.3 is 5.32 Å². The van der Waals surface area contributed by atoms with E-state index in [1.165, 1.54) is 0 Å². The lowest BCUT2D eigenvalue weighted by Crippen LogP contribution is -2.38. The second-order valence-electron chi connectivity index (χ2n) is 4.36. The van der Waals surface area contributed by atoms with Crippen LogP contribution in [0.2, 0.25) is 5.02 Å². The van der Waals surface area contributed by atoms with Crippen LogP contribution in [0.1, 0.15) is 37.6 Å². The van der Waals surface area contributed by atoms with Crippen LogP contribution in [-0.2, 0) is 0 Å². The lowest BCUT2D eigenvalue weighted by Gasteiger charge is -2.21. The Bertz CT molecular complexity index is 406. The molecule has 2 nitrogen and oxygen atoms in total. The van der Waals surface area contributed by atoms with Crippen molar-refractivity contribution >= 4 is 33.4 Å². The number of benzene rings is 1. The Morgan fingerprint density at radius 3 is 2.59 bits per heavy atom. The van der Waals surface area contributed by atoms with Crippen molar-refractivity contribution in [2.75, 3.05) is 0 Å². The summed E-state index contributed by atoms with van der Waals surface area (Å²) in [4.78, 5) is 12.1. The molecule has 0 saturated heterocycles. The minimum Gasteiger partial charge on any atom is -0.349 e. The number of carbonyl (C=O) groups excluding carboxylic acids is 1. The number of carbonyl (C=O) groups is 1. The number of nitrogens with one attached hydrogen (secondary N) is 1. The zero-order valence-corrected chi connectivity index (χ0v) is 12.6. The number of rotatable bonds is 4. The molecule has 0 aromatic heterocycles. The Hall–Kier alpha value is -0.540. The van der Waals surface area contributed by atoms with E-state index in [0.717, 1.165) is 10.9 Å². The first kappa shape index (κ1) is 14.5. The van der Waals surface area contributed by atoms with E-state index in [1.54, 1.807) is 18.2 Å². The summed E-state index contributed by atoms with van der Waals surface area (Å²) in [6.45, 7) is 6.28. The van der Waals surface area contributed by atoms with E-state index >= 15 is 0 Å². The third kappa shape index (κ3) is 4.00. The molecule has 1 aromatic rings. The lowest BCUT2D eigenvalue weighted by molar-refractivity contribution is 0.0924. The largest absolute Gasteiger partial charge is 0.349 e. The Labute approximate surface area is 116 Å². The summed E-state index contributed by atoms with van der Waals surface area (Å²) in [5, 5.41) is 3.65. The smallest absolute Gasteiger partial charge is 0.252 e. The summed E-state index contributed by atoms with van der Waals surface area (Å²) in [7, 11) is 0. The summed E-state index contributed by atoms with van der Waals surface area (Å²) in [6.07, 6.45) is 0.925. The number of hydrogen-bond donors (Lipinski definition) is 1. The second kappa shape index (κ2) is 6.41. The molecule has 0 radical (unpaired) electrons. The van der Waals surface area contributed by atoms with E-state index < -0.39 is 0 Å².